The van der Waals surface area contributed by atoms with Crippen LogP contribution in [-0.2, 0) is 6.54 Å². The average Bonchev–Trinajstić information content (AvgIpc) is 3.06. The van der Waals surface area contributed by atoms with Crippen molar-refractivity contribution in [3.8, 4) is 0 Å². The third-order valence-corrected chi connectivity index (χ3v) is 4.64. The number of fused-ring (bicyclic) bond motifs is 1. The van der Waals surface area contributed by atoms with Crippen LogP contribution in [0, 0.1) is 5.92 Å². The zero-order valence-electron chi connectivity index (χ0n) is 12.6. The number of hydrogen-bond donors (Lipinski definition) is 1. The Morgan fingerprint density at radius 1 is 1.38 bits per heavy atom. The van der Waals surface area contributed by atoms with E-state index in [0.29, 0.717) is 6.04 Å². The van der Waals surface area contributed by atoms with E-state index in [0.717, 1.165) is 29.3 Å². The maximum absolute atomic E-state index is 4.38. The summed E-state index contributed by atoms with van der Waals surface area (Å²) in [5, 5.41) is 3.58. The second kappa shape index (κ2) is 6.42. The summed E-state index contributed by atoms with van der Waals surface area (Å²) >= 11 is 3.41. The van der Waals surface area contributed by atoms with E-state index in [9.17, 15) is 0 Å². The van der Waals surface area contributed by atoms with Gasteiger partial charge < -0.3 is 10.2 Å². The van der Waals surface area contributed by atoms with Crippen LogP contribution in [0.25, 0.3) is 5.65 Å². The molecular weight excluding hydrogens is 330 g/mol. The number of likely N-dealkylation sites (tertiary alicyclic amines) is 1. The maximum Gasteiger partial charge on any atom is 0.155 e. The number of aromatic nitrogens is 3. The Morgan fingerprint density at radius 2 is 2.24 bits per heavy atom. The molecule has 1 aliphatic heterocycles. The first-order valence-corrected chi connectivity index (χ1v) is 8.35. The smallest absolute Gasteiger partial charge is 0.155 e. The molecule has 114 valence electrons. The average molecular weight is 352 g/mol. The Labute approximate surface area is 133 Å². The van der Waals surface area contributed by atoms with Crippen molar-refractivity contribution in [3.63, 3.8) is 0 Å². The van der Waals surface area contributed by atoms with Crippen LogP contribution in [0.1, 0.15) is 26.0 Å². The predicted molar refractivity (Wildman–Crippen MR) is 87.2 cm³/mol. The molecule has 1 unspecified atom stereocenters. The molecule has 0 saturated carbocycles. The summed E-state index contributed by atoms with van der Waals surface area (Å²) in [6.07, 6.45) is 6.97. The van der Waals surface area contributed by atoms with Gasteiger partial charge in [0.1, 0.15) is 4.60 Å². The zero-order valence-corrected chi connectivity index (χ0v) is 14.2. The Kier molecular flexibility index (Phi) is 4.57. The van der Waals surface area contributed by atoms with E-state index >= 15 is 0 Å². The molecule has 2 aromatic rings. The highest BCUT2D eigenvalue weighted by Gasteiger charge is 2.23. The van der Waals surface area contributed by atoms with Gasteiger partial charge in [-0.05, 0) is 55.2 Å². The van der Waals surface area contributed by atoms with E-state index in [4.69, 9.17) is 0 Å². The molecule has 0 aliphatic carbocycles. The minimum absolute atomic E-state index is 0.665. The van der Waals surface area contributed by atoms with Crippen LogP contribution in [0.4, 0.5) is 0 Å². The Bertz CT molecular complexity index is 609. The summed E-state index contributed by atoms with van der Waals surface area (Å²) < 4.78 is 2.91. The van der Waals surface area contributed by atoms with Crippen molar-refractivity contribution in [3.05, 3.63) is 28.9 Å². The second-order valence-corrected chi connectivity index (χ2v) is 6.87. The molecular formula is C15H22BrN5. The number of halogens is 1. The van der Waals surface area contributed by atoms with Gasteiger partial charge in [0.15, 0.2) is 5.65 Å². The van der Waals surface area contributed by atoms with Gasteiger partial charge in [-0.25, -0.2) is 9.97 Å². The van der Waals surface area contributed by atoms with Crippen LogP contribution in [0.2, 0.25) is 0 Å². The van der Waals surface area contributed by atoms with Crippen molar-refractivity contribution >= 4 is 21.6 Å². The molecule has 1 atom stereocenters. The molecule has 3 rings (SSSR count). The number of nitrogens with one attached hydrogen (secondary N) is 1. The number of hydrogen-bond acceptors (Lipinski definition) is 4. The van der Waals surface area contributed by atoms with E-state index in [-0.39, 0.29) is 0 Å². The Hall–Kier alpha value is -0.980. The lowest BCUT2D eigenvalue weighted by Gasteiger charge is -2.20. The fourth-order valence-electron chi connectivity index (χ4n) is 2.95. The summed E-state index contributed by atoms with van der Waals surface area (Å²) in [5.74, 6) is 0.764. The summed E-state index contributed by atoms with van der Waals surface area (Å²) in [4.78, 5) is 11.1. The molecule has 5 nitrogen and oxygen atoms in total. The van der Waals surface area contributed by atoms with Crippen molar-refractivity contribution < 1.29 is 0 Å². The monoisotopic (exact) mass is 351 g/mol. The molecule has 1 N–H and O–H groups in total. The molecule has 1 saturated heterocycles. The van der Waals surface area contributed by atoms with Gasteiger partial charge in [0.05, 0.1) is 18.1 Å². The van der Waals surface area contributed by atoms with Gasteiger partial charge in [0, 0.05) is 25.3 Å². The van der Waals surface area contributed by atoms with Crippen molar-refractivity contribution in [1.82, 2.24) is 24.6 Å². The Morgan fingerprint density at radius 3 is 3.00 bits per heavy atom. The van der Waals surface area contributed by atoms with Gasteiger partial charge in [-0.1, -0.05) is 0 Å². The van der Waals surface area contributed by atoms with E-state index < -0.39 is 0 Å². The van der Waals surface area contributed by atoms with Gasteiger partial charge in [-0.3, -0.25) is 4.40 Å². The van der Waals surface area contributed by atoms with E-state index in [1.54, 1.807) is 6.20 Å². The topological polar surface area (TPSA) is 45.5 Å². The predicted octanol–water partition coefficient (Wildman–Crippen LogP) is 2.31. The molecule has 0 spiro atoms. The fourth-order valence-corrected chi connectivity index (χ4v) is 3.26. The van der Waals surface area contributed by atoms with Crippen LogP contribution in [-0.4, -0.2) is 44.9 Å². The summed E-state index contributed by atoms with van der Waals surface area (Å²) in [5.41, 5.74) is 2.06. The van der Waals surface area contributed by atoms with Crippen molar-refractivity contribution in [2.24, 2.45) is 5.92 Å². The van der Waals surface area contributed by atoms with E-state index in [1.807, 2.05) is 12.4 Å². The lowest BCUT2D eigenvalue weighted by Crippen LogP contribution is -2.30. The van der Waals surface area contributed by atoms with Crippen LogP contribution < -0.4 is 5.32 Å². The van der Waals surface area contributed by atoms with Crippen LogP contribution in [0.15, 0.2) is 23.2 Å². The van der Waals surface area contributed by atoms with Crippen LogP contribution in [0.5, 0.6) is 0 Å². The molecule has 0 aromatic carbocycles. The minimum Gasteiger partial charge on any atom is -0.311 e. The van der Waals surface area contributed by atoms with Crippen LogP contribution in [0.3, 0.4) is 0 Å². The molecule has 0 amide bonds. The third kappa shape index (κ3) is 3.44. The quantitative estimate of drug-likeness (QED) is 0.897. The Balaban J connectivity index is 1.54. The maximum atomic E-state index is 4.38. The normalized spacial score (nSPS) is 19.9. The highest BCUT2D eigenvalue weighted by Crippen LogP contribution is 2.18. The number of imidazole rings is 1. The van der Waals surface area contributed by atoms with E-state index in [1.165, 1.54) is 25.2 Å². The largest absolute Gasteiger partial charge is 0.311 e. The standard InChI is InChI=1S/C15H22BrN5/c1-11(2)20-4-3-12(9-20)5-17-6-13-7-19-15-8-18-14(16)10-21(13)15/h7-8,10-12,17H,3-6,9H2,1-2H3. The zero-order chi connectivity index (χ0) is 14.8. The molecule has 1 aliphatic rings. The van der Waals surface area contributed by atoms with Crippen molar-refractivity contribution in [1.29, 1.82) is 0 Å². The minimum atomic E-state index is 0.665. The summed E-state index contributed by atoms with van der Waals surface area (Å²) in [7, 11) is 0. The molecule has 3 heterocycles. The molecule has 21 heavy (non-hydrogen) atoms. The lowest BCUT2D eigenvalue weighted by molar-refractivity contribution is 0.264. The summed E-state index contributed by atoms with van der Waals surface area (Å²) in [6.45, 7) is 8.92. The first-order valence-electron chi connectivity index (χ1n) is 7.55. The lowest BCUT2D eigenvalue weighted by atomic mass is 10.1. The number of rotatable bonds is 5. The third-order valence-electron chi connectivity index (χ3n) is 4.23. The fraction of sp³-hybridized carbons (Fsp3) is 0.600. The molecule has 2 aromatic heterocycles. The summed E-state index contributed by atoms with van der Waals surface area (Å²) in [6, 6.07) is 0.665. The van der Waals surface area contributed by atoms with Gasteiger partial charge in [-0.2, -0.15) is 0 Å². The highest BCUT2D eigenvalue weighted by molar-refractivity contribution is 9.10. The first-order chi connectivity index (χ1) is 10.1. The molecule has 0 bridgehead atoms. The van der Waals surface area contributed by atoms with E-state index in [2.05, 4.69) is 54.4 Å². The van der Waals surface area contributed by atoms with Crippen LogP contribution >= 0.6 is 15.9 Å². The molecule has 1 fully saturated rings. The first kappa shape index (κ1) is 14.9. The SMILES string of the molecule is CC(C)N1CCC(CNCc2cnc3cnc(Br)cn23)C1. The van der Waals surface area contributed by atoms with Gasteiger partial charge in [0.25, 0.3) is 0 Å². The van der Waals surface area contributed by atoms with Crippen molar-refractivity contribution in [2.75, 3.05) is 19.6 Å². The molecule has 0 radical (unpaired) electrons. The van der Waals surface area contributed by atoms with Gasteiger partial charge in [-0.15, -0.1) is 0 Å². The van der Waals surface area contributed by atoms with Gasteiger partial charge in [0.2, 0.25) is 0 Å². The second-order valence-electron chi connectivity index (χ2n) is 6.06. The van der Waals surface area contributed by atoms with Crippen molar-refractivity contribution in [2.45, 2.75) is 32.9 Å². The number of nitrogens with zero attached hydrogens (tertiary/aromatic N) is 4. The highest BCUT2D eigenvalue weighted by atomic mass is 79.9. The van der Waals surface area contributed by atoms with Gasteiger partial charge >= 0.3 is 0 Å². The molecule has 6 heteroatoms.